The summed E-state index contributed by atoms with van der Waals surface area (Å²) in [6.45, 7) is 1.76. The number of ether oxygens (including phenoxy) is 1. The highest BCUT2D eigenvalue weighted by molar-refractivity contribution is 7.09. The molecule has 0 aromatic carbocycles. The van der Waals surface area contributed by atoms with Gasteiger partial charge in [-0.2, -0.15) is 0 Å². The number of hydrogen-bond acceptors (Lipinski definition) is 4. The standard InChI is InChI=1S/C16H19N3O2S/c20-16(19-10-14-2-1-7-22-14)18-9-13-5-6-15(17-8-13)21-11-12-3-4-12/h1-2,5-8,12H,3-4,9-11H2,(H2,18,19,20). The molecule has 1 aliphatic rings. The van der Waals surface area contributed by atoms with Gasteiger partial charge in [0.05, 0.1) is 13.2 Å². The molecule has 5 nitrogen and oxygen atoms in total. The van der Waals surface area contributed by atoms with Gasteiger partial charge in [0.25, 0.3) is 0 Å². The lowest BCUT2D eigenvalue weighted by molar-refractivity contribution is 0.240. The largest absolute Gasteiger partial charge is 0.477 e. The maximum Gasteiger partial charge on any atom is 0.315 e. The summed E-state index contributed by atoms with van der Waals surface area (Å²) in [6, 6.07) is 7.56. The van der Waals surface area contributed by atoms with E-state index in [0.29, 0.717) is 19.0 Å². The van der Waals surface area contributed by atoms with E-state index in [9.17, 15) is 4.79 Å². The fourth-order valence-electron chi connectivity index (χ4n) is 1.91. The van der Waals surface area contributed by atoms with Crippen LogP contribution < -0.4 is 15.4 Å². The van der Waals surface area contributed by atoms with Gasteiger partial charge in [0.15, 0.2) is 0 Å². The van der Waals surface area contributed by atoms with Crippen molar-refractivity contribution in [2.24, 2.45) is 5.92 Å². The summed E-state index contributed by atoms with van der Waals surface area (Å²) in [4.78, 5) is 17.1. The Balaban J connectivity index is 1.37. The highest BCUT2D eigenvalue weighted by Gasteiger charge is 2.21. The monoisotopic (exact) mass is 317 g/mol. The van der Waals surface area contributed by atoms with Crippen molar-refractivity contribution in [2.45, 2.75) is 25.9 Å². The highest BCUT2D eigenvalue weighted by atomic mass is 32.1. The molecule has 0 spiro atoms. The van der Waals surface area contributed by atoms with Crippen LogP contribution in [0.5, 0.6) is 5.88 Å². The number of nitrogens with one attached hydrogen (secondary N) is 2. The van der Waals surface area contributed by atoms with Gasteiger partial charge in [0.1, 0.15) is 0 Å². The molecule has 1 saturated carbocycles. The quantitative estimate of drug-likeness (QED) is 0.825. The van der Waals surface area contributed by atoms with E-state index < -0.39 is 0 Å². The van der Waals surface area contributed by atoms with Crippen molar-refractivity contribution in [1.82, 2.24) is 15.6 Å². The lowest BCUT2D eigenvalue weighted by atomic mass is 10.3. The van der Waals surface area contributed by atoms with Crippen molar-refractivity contribution in [3.05, 3.63) is 46.3 Å². The van der Waals surface area contributed by atoms with Gasteiger partial charge in [-0.05, 0) is 35.8 Å². The first kappa shape index (κ1) is 14.8. The average molecular weight is 317 g/mol. The fourth-order valence-corrected chi connectivity index (χ4v) is 2.56. The zero-order valence-electron chi connectivity index (χ0n) is 12.2. The minimum atomic E-state index is -0.178. The fraction of sp³-hybridized carbons (Fsp3) is 0.375. The SMILES string of the molecule is O=C(NCc1ccc(OCC2CC2)nc1)NCc1cccs1. The van der Waals surface area contributed by atoms with E-state index in [0.717, 1.165) is 23.0 Å². The average Bonchev–Trinajstić information content (AvgIpc) is 3.23. The van der Waals surface area contributed by atoms with Crippen LogP contribution in [-0.4, -0.2) is 17.6 Å². The normalized spacial score (nSPS) is 13.6. The number of thiophene rings is 1. The predicted octanol–water partition coefficient (Wildman–Crippen LogP) is 2.93. The maximum absolute atomic E-state index is 11.7. The number of rotatable bonds is 7. The summed E-state index contributed by atoms with van der Waals surface area (Å²) >= 11 is 1.63. The molecule has 2 aromatic rings. The summed E-state index contributed by atoms with van der Waals surface area (Å²) in [5, 5.41) is 7.63. The Morgan fingerprint density at radius 3 is 2.82 bits per heavy atom. The number of aromatic nitrogens is 1. The lowest BCUT2D eigenvalue weighted by Crippen LogP contribution is -2.34. The van der Waals surface area contributed by atoms with E-state index in [2.05, 4.69) is 15.6 Å². The Hall–Kier alpha value is -2.08. The molecule has 0 bridgehead atoms. The van der Waals surface area contributed by atoms with Crippen LogP contribution in [0.2, 0.25) is 0 Å². The molecule has 0 radical (unpaired) electrons. The molecule has 2 aromatic heterocycles. The van der Waals surface area contributed by atoms with Crippen LogP contribution in [0.25, 0.3) is 0 Å². The molecule has 116 valence electrons. The number of urea groups is 1. The van der Waals surface area contributed by atoms with E-state index >= 15 is 0 Å². The van der Waals surface area contributed by atoms with Gasteiger partial charge >= 0.3 is 6.03 Å². The Labute approximate surface area is 133 Å². The van der Waals surface area contributed by atoms with Crippen molar-refractivity contribution in [2.75, 3.05) is 6.61 Å². The van der Waals surface area contributed by atoms with Crippen LogP contribution in [0, 0.1) is 5.92 Å². The minimum Gasteiger partial charge on any atom is -0.477 e. The maximum atomic E-state index is 11.7. The Bertz CT molecular complexity index is 594. The molecule has 1 aliphatic carbocycles. The van der Waals surface area contributed by atoms with Gasteiger partial charge in [-0.15, -0.1) is 11.3 Å². The summed E-state index contributed by atoms with van der Waals surface area (Å²) in [6.07, 6.45) is 4.27. The van der Waals surface area contributed by atoms with Gasteiger partial charge in [-0.1, -0.05) is 12.1 Å². The van der Waals surface area contributed by atoms with Crippen molar-refractivity contribution in [3.63, 3.8) is 0 Å². The molecule has 0 unspecified atom stereocenters. The van der Waals surface area contributed by atoms with Gasteiger partial charge in [-0.3, -0.25) is 0 Å². The second-order valence-electron chi connectivity index (χ2n) is 5.37. The number of pyridine rings is 1. The van der Waals surface area contributed by atoms with Gasteiger partial charge in [0, 0.05) is 23.7 Å². The summed E-state index contributed by atoms with van der Waals surface area (Å²) in [5.74, 6) is 1.37. The first-order chi connectivity index (χ1) is 10.8. The number of carbonyl (C=O) groups excluding carboxylic acids is 1. The second kappa shape index (κ2) is 7.26. The molecule has 6 heteroatoms. The first-order valence-corrected chi connectivity index (χ1v) is 8.29. The third kappa shape index (κ3) is 4.73. The molecule has 3 rings (SSSR count). The van der Waals surface area contributed by atoms with Crippen LogP contribution in [0.1, 0.15) is 23.3 Å². The minimum absolute atomic E-state index is 0.178. The van der Waals surface area contributed by atoms with Crippen molar-refractivity contribution >= 4 is 17.4 Å². The molecule has 22 heavy (non-hydrogen) atoms. The molecule has 2 N–H and O–H groups in total. The van der Waals surface area contributed by atoms with Crippen molar-refractivity contribution in [3.8, 4) is 5.88 Å². The summed E-state index contributed by atoms with van der Waals surface area (Å²) < 4.78 is 5.58. The van der Waals surface area contributed by atoms with Crippen molar-refractivity contribution in [1.29, 1.82) is 0 Å². The lowest BCUT2D eigenvalue weighted by Gasteiger charge is -2.08. The van der Waals surface area contributed by atoms with Crippen LogP contribution in [0.15, 0.2) is 35.8 Å². The van der Waals surface area contributed by atoms with E-state index in [-0.39, 0.29) is 6.03 Å². The van der Waals surface area contributed by atoms with E-state index in [4.69, 9.17) is 4.74 Å². The molecule has 0 atom stereocenters. The summed E-state index contributed by atoms with van der Waals surface area (Å²) in [5.41, 5.74) is 0.949. The molecule has 0 saturated heterocycles. The molecule has 1 fully saturated rings. The van der Waals surface area contributed by atoms with Crippen LogP contribution >= 0.6 is 11.3 Å². The van der Waals surface area contributed by atoms with Gasteiger partial charge < -0.3 is 15.4 Å². The van der Waals surface area contributed by atoms with Crippen molar-refractivity contribution < 1.29 is 9.53 Å². The summed E-state index contributed by atoms with van der Waals surface area (Å²) in [7, 11) is 0. The molecule has 2 heterocycles. The Morgan fingerprint density at radius 1 is 1.27 bits per heavy atom. The predicted molar refractivity (Wildman–Crippen MR) is 85.9 cm³/mol. The van der Waals surface area contributed by atoms with Gasteiger partial charge in [0.2, 0.25) is 5.88 Å². The molecule has 2 amide bonds. The topological polar surface area (TPSA) is 63.2 Å². The molecular weight excluding hydrogens is 298 g/mol. The molecule has 0 aliphatic heterocycles. The van der Waals surface area contributed by atoms with E-state index in [1.54, 1.807) is 17.5 Å². The Kier molecular flexibility index (Phi) is 4.90. The smallest absolute Gasteiger partial charge is 0.315 e. The van der Waals surface area contributed by atoms with E-state index in [1.165, 1.54) is 12.8 Å². The van der Waals surface area contributed by atoms with E-state index in [1.807, 2.05) is 29.6 Å². The van der Waals surface area contributed by atoms with Gasteiger partial charge in [-0.25, -0.2) is 9.78 Å². The second-order valence-corrected chi connectivity index (χ2v) is 6.41. The third-order valence-corrected chi connectivity index (χ3v) is 4.29. The molecular formula is C16H19N3O2S. The number of hydrogen-bond donors (Lipinski definition) is 2. The first-order valence-electron chi connectivity index (χ1n) is 7.41. The Morgan fingerprint density at radius 2 is 2.14 bits per heavy atom. The highest BCUT2D eigenvalue weighted by Crippen LogP contribution is 2.29. The van der Waals surface area contributed by atoms with Crippen LogP contribution in [-0.2, 0) is 13.1 Å². The number of nitrogens with zero attached hydrogens (tertiary/aromatic N) is 1. The number of amides is 2. The number of carbonyl (C=O) groups is 1. The van der Waals surface area contributed by atoms with Crippen LogP contribution in [0.3, 0.4) is 0 Å². The zero-order chi connectivity index (χ0) is 15.2. The van der Waals surface area contributed by atoms with Crippen LogP contribution in [0.4, 0.5) is 4.79 Å². The zero-order valence-corrected chi connectivity index (χ0v) is 13.1. The third-order valence-electron chi connectivity index (χ3n) is 3.42.